The summed E-state index contributed by atoms with van der Waals surface area (Å²) in [6.45, 7) is 4.89. The molecule has 3 atom stereocenters. The first-order chi connectivity index (χ1) is 8.19. The van der Waals surface area contributed by atoms with Crippen molar-refractivity contribution in [3.8, 4) is 0 Å². The molecule has 0 unspecified atom stereocenters. The number of halogens is 1. The van der Waals surface area contributed by atoms with E-state index in [0.29, 0.717) is 0 Å². The van der Waals surface area contributed by atoms with E-state index in [1.54, 1.807) is 20.8 Å². The third kappa shape index (κ3) is 4.48. The summed E-state index contributed by atoms with van der Waals surface area (Å²) < 4.78 is 23.6. The first-order valence-electron chi connectivity index (χ1n) is 5.67. The van der Waals surface area contributed by atoms with Gasteiger partial charge in [0.15, 0.2) is 6.10 Å². The summed E-state index contributed by atoms with van der Waals surface area (Å²) >= 11 is 0. The first-order valence-corrected chi connectivity index (χ1v) is 5.67. The Morgan fingerprint density at radius 1 is 1.44 bits per heavy atom. The van der Waals surface area contributed by atoms with E-state index in [9.17, 15) is 14.0 Å². The Bertz CT molecular complexity index is 328. The number of carboxylic acid groups (broad SMARTS) is 1. The number of carboxylic acids is 1. The second kappa shape index (κ2) is 5.51. The van der Waals surface area contributed by atoms with Crippen LogP contribution in [0.3, 0.4) is 0 Å². The molecule has 0 aromatic heterocycles. The zero-order valence-electron chi connectivity index (χ0n) is 10.6. The van der Waals surface area contributed by atoms with Gasteiger partial charge >= 0.3 is 12.1 Å². The molecule has 1 aliphatic heterocycles. The van der Waals surface area contributed by atoms with Gasteiger partial charge in [-0.1, -0.05) is 0 Å². The molecule has 0 aromatic carbocycles. The van der Waals surface area contributed by atoms with Crippen LogP contribution >= 0.6 is 0 Å². The van der Waals surface area contributed by atoms with Crippen LogP contribution in [-0.2, 0) is 14.3 Å². The lowest BCUT2D eigenvalue weighted by Crippen LogP contribution is -2.52. The van der Waals surface area contributed by atoms with E-state index in [4.69, 9.17) is 14.6 Å². The Morgan fingerprint density at radius 2 is 2.06 bits per heavy atom. The molecule has 18 heavy (non-hydrogen) atoms. The Balaban J connectivity index is 2.45. The fraction of sp³-hybridized carbons (Fsp3) is 0.818. The smallest absolute Gasteiger partial charge is 0.408 e. The molecule has 1 heterocycles. The fourth-order valence-electron chi connectivity index (χ4n) is 1.52. The largest absolute Gasteiger partial charge is 0.479 e. The summed E-state index contributed by atoms with van der Waals surface area (Å²) in [7, 11) is 0. The molecule has 2 N–H and O–H groups in total. The van der Waals surface area contributed by atoms with E-state index in [-0.39, 0.29) is 13.0 Å². The standard InChI is InChI=1S/C11H18FNO5/c1-11(2,3)18-10(16)13-7-5-17-8(9(14)15)4-6(7)12/h6-8H,4-5H2,1-3H3,(H,13,16)(H,14,15)/t6-,7-,8-/m0/s1. The minimum absolute atomic E-state index is 0.183. The fourth-order valence-corrected chi connectivity index (χ4v) is 1.52. The van der Waals surface area contributed by atoms with Crippen molar-refractivity contribution in [2.24, 2.45) is 0 Å². The Hall–Kier alpha value is -1.37. The van der Waals surface area contributed by atoms with Crippen LogP contribution in [0, 0.1) is 0 Å². The quantitative estimate of drug-likeness (QED) is 0.779. The monoisotopic (exact) mass is 263 g/mol. The van der Waals surface area contributed by atoms with Crippen molar-refractivity contribution in [3.63, 3.8) is 0 Å². The average Bonchev–Trinajstić information content (AvgIpc) is 2.17. The summed E-state index contributed by atoms with van der Waals surface area (Å²) in [6, 6.07) is -0.879. The van der Waals surface area contributed by atoms with Crippen molar-refractivity contribution in [2.45, 2.75) is 51.1 Å². The summed E-state index contributed by atoms with van der Waals surface area (Å²) in [5.74, 6) is -1.20. The second-order valence-corrected chi connectivity index (χ2v) is 5.16. The van der Waals surface area contributed by atoms with E-state index >= 15 is 0 Å². The van der Waals surface area contributed by atoms with Crippen LogP contribution in [0.15, 0.2) is 0 Å². The molecule has 1 rings (SSSR count). The molecule has 7 heteroatoms. The van der Waals surface area contributed by atoms with Crippen LogP contribution < -0.4 is 5.32 Å². The number of hydrogen-bond donors (Lipinski definition) is 2. The number of hydrogen-bond acceptors (Lipinski definition) is 4. The van der Waals surface area contributed by atoms with Crippen LogP contribution in [0.2, 0.25) is 0 Å². The summed E-state index contributed by atoms with van der Waals surface area (Å²) in [5, 5.41) is 11.0. The molecular formula is C11H18FNO5. The zero-order valence-corrected chi connectivity index (χ0v) is 10.6. The lowest BCUT2D eigenvalue weighted by Gasteiger charge is -2.31. The molecular weight excluding hydrogens is 245 g/mol. The number of nitrogens with one attached hydrogen (secondary N) is 1. The predicted molar refractivity (Wildman–Crippen MR) is 60.0 cm³/mol. The van der Waals surface area contributed by atoms with Gasteiger partial charge in [0.05, 0.1) is 12.6 Å². The Kier molecular flexibility index (Phi) is 4.50. The van der Waals surface area contributed by atoms with Crippen molar-refractivity contribution in [1.29, 1.82) is 0 Å². The van der Waals surface area contributed by atoms with Crippen LogP contribution in [-0.4, -0.2) is 47.7 Å². The van der Waals surface area contributed by atoms with Gasteiger partial charge < -0.3 is 19.9 Å². The van der Waals surface area contributed by atoms with E-state index < -0.39 is 36.0 Å². The minimum atomic E-state index is -1.47. The minimum Gasteiger partial charge on any atom is -0.479 e. The number of ether oxygens (including phenoxy) is 2. The van der Waals surface area contributed by atoms with Crippen LogP contribution in [0.4, 0.5) is 9.18 Å². The average molecular weight is 263 g/mol. The van der Waals surface area contributed by atoms with Gasteiger partial charge in [0.2, 0.25) is 0 Å². The second-order valence-electron chi connectivity index (χ2n) is 5.16. The number of alkyl halides is 1. The molecule has 0 radical (unpaired) electrons. The maximum atomic E-state index is 13.6. The van der Waals surface area contributed by atoms with Gasteiger partial charge in [0, 0.05) is 6.42 Å². The molecule has 0 saturated carbocycles. The Labute approximate surface area is 104 Å². The third-order valence-corrected chi connectivity index (χ3v) is 2.33. The third-order valence-electron chi connectivity index (χ3n) is 2.33. The number of amides is 1. The summed E-state index contributed by atoms with van der Waals surface area (Å²) in [5.41, 5.74) is -0.672. The van der Waals surface area contributed by atoms with E-state index in [0.717, 1.165) is 0 Å². The highest BCUT2D eigenvalue weighted by Crippen LogP contribution is 2.18. The summed E-state index contributed by atoms with van der Waals surface area (Å²) in [6.07, 6.45) is -3.65. The van der Waals surface area contributed by atoms with Gasteiger partial charge in [-0.3, -0.25) is 0 Å². The molecule has 0 spiro atoms. The summed E-state index contributed by atoms with van der Waals surface area (Å²) in [4.78, 5) is 22.0. The highest BCUT2D eigenvalue weighted by molar-refractivity contribution is 5.72. The van der Waals surface area contributed by atoms with Crippen molar-refractivity contribution >= 4 is 12.1 Å². The topological polar surface area (TPSA) is 84.9 Å². The molecule has 1 aliphatic rings. The molecule has 0 aliphatic carbocycles. The van der Waals surface area contributed by atoms with Crippen molar-refractivity contribution in [3.05, 3.63) is 0 Å². The predicted octanol–water partition coefficient (Wildman–Crippen LogP) is 1.09. The molecule has 0 aromatic rings. The van der Waals surface area contributed by atoms with Gasteiger partial charge in [-0.2, -0.15) is 0 Å². The van der Waals surface area contributed by atoms with E-state index in [1.807, 2.05) is 0 Å². The molecule has 0 bridgehead atoms. The first kappa shape index (κ1) is 14.7. The van der Waals surface area contributed by atoms with E-state index in [2.05, 4.69) is 5.32 Å². The normalized spacial score (nSPS) is 28.6. The van der Waals surface area contributed by atoms with Crippen molar-refractivity contribution in [2.75, 3.05) is 6.61 Å². The molecule has 6 nitrogen and oxygen atoms in total. The zero-order chi connectivity index (χ0) is 13.9. The maximum absolute atomic E-state index is 13.6. The van der Waals surface area contributed by atoms with Gasteiger partial charge in [0.25, 0.3) is 0 Å². The van der Waals surface area contributed by atoms with Gasteiger partial charge in [0.1, 0.15) is 11.8 Å². The SMILES string of the molecule is CC(C)(C)OC(=O)N[C@H]1CO[C@H](C(=O)O)C[C@@H]1F. The van der Waals surface area contributed by atoms with Crippen molar-refractivity contribution < 1.29 is 28.6 Å². The highest BCUT2D eigenvalue weighted by atomic mass is 19.1. The van der Waals surface area contributed by atoms with Crippen LogP contribution in [0.1, 0.15) is 27.2 Å². The van der Waals surface area contributed by atoms with Crippen LogP contribution in [0.5, 0.6) is 0 Å². The Morgan fingerprint density at radius 3 is 2.50 bits per heavy atom. The molecule has 1 amide bonds. The highest BCUT2D eigenvalue weighted by Gasteiger charge is 2.36. The lowest BCUT2D eigenvalue weighted by molar-refractivity contribution is -0.156. The maximum Gasteiger partial charge on any atom is 0.408 e. The van der Waals surface area contributed by atoms with Gasteiger partial charge in [-0.15, -0.1) is 0 Å². The molecule has 1 fully saturated rings. The number of aliphatic carboxylic acids is 1. The van der Waals surface area contributed by atoms with Gasteiger partial charge in [-0.25, -0.2) is 14.0 Å². The lowest BCUT2D eigenvalue weighted by atomic mass is 10.0. The number of carbonyl (C=O) groups excluding carboxylic acids is 1. The molecule has 1 saturated heterocycles. The number of carbonyl (C=O) groups is 2. The van der Waals surface area contributed by atoms with Crippen molar-refractivity contribution in [1.82, 2.24) is 5.32 Å². The number of alkyl carbamates (subject to hydrolysis) is 1. The molecule has 104 valence electrons. The van der Waals surface area contributed by atoms with Crippen LogP contribution in [0.25, 0.3) is 0 Å². The number of rotatable bonds is 2. The van der Waals surface area contributed by atoms with E-state index in [1.165, 1.54) is 0 Å². The van der Waals surface area contributed by atoms with Gasteiger partial charge in [-0.05, 0) is 20.8 Å².